The van der Waals surface area contributed by atoms with E-state index in [1.165, 1.54) is 38.8 Å². The molecule has 4 heteroatoms. The Morgan fingerprint density at radius 3 is 2.68 bits per heavy atom. The van der Waals surface area contributed by atoms with Crippen LogP contribution in [0.15, 0.2) is 0 Å². The van der Waals surface area contributed by atoms with E-state index in [1.54, 1.807) is 0 Å². The van der Waals surface area contributed by atoms with Gasteiger partial charge in [-0.25, -0.2) is 0 Å². The van der Waals surface area contributed by atoms with Gasteiger partial charge in [-0.2, -0.15) is 0 Å². The van der Waals surface area contributed by atoms with Gasteiger partial charge in [0.05, 0.1) is 0 Å². The molecule has 2 atom stereocenters. The van der Waals surface area contributed by atoms with Crippen LogP contribution in [0.4, 0.5) is 0 Å². The second-order valence-electron chi connectivity index (χ2n) is 6.16. The molecule has 19 heavy (non-hydrogen) atoms. The topological polar surface area (TPSA) is 58.4 Å². The zero-order chi connectivity index (χ0) is 13.5. The van der Waals surface area contributed by atoms with Crippen molar-refractivity contribution in [2.45, 2.75) is 44.9 Å². The molecule has 4 nitrogen and oxygen atoms in total. The maximum Gasteiger partial charge on any atom is 0.223 e. The van der Waals surface area contributed by atoms with Gasteiger partial charge in [0, 0.05) is 19.0 Å². The lowest BCUT2D eigenvalue weighted by molar-refractivity contribution is -0.126. The third kappa shape index (κ3) is 4.77. The van der Waals surface area contributed by atoms with E-state index in [2.05, 4.69) is 10.2 Å². The van der Waals surface area contributed by atoms with Crippen LogP contribution in [0.2, 0.25) is 0 Å². The van der Waals surface area contributed by atoms with Gasteiger partial charge in [0.25, 0.3) is 0 Å². The van der Waals surface area contributed by atoms with E-state index in [0.29, 0.717) is 5.92 Å². The zero-order valence-electron chi connectivity index (χ0n) is 12.1. The Labute approximate surface area is 117 Å². The molecule has 3 N–H and O–H groups in total. The number of amides is 1. The number of hydrogen-bond acceptors (Lipinski definition) is 3. The molecule has 0 spiro atoms. The molecule has 1 heterocycles. The van der Waals surface area contributed by atoms with E-state index in [4.69, 9.17) is 5.73 Å². The first-order chi connectivity index (χ1) is 9.29. The van der Waals surface area contributed by atoms with Crippen molar-refractivity contribution < 1.29 is 4.79 Å². The number of hydrogen-bond donors (Lipinski definition) is 2. The normalized spacial score (nSPS) is 29.1. The Bertz CT molecular complexity index is 277. The van der Waals surface area contributed by atoms with Crippen molar-refractivity contribution in [3.05, 3.63) is 0 Å². The van der Waals surface area contributed by atoms with E-state index in [9.17, 15) is 4.79 Å². The highest BCUT2D eigenvalue weighted by Crippen LogP contribution is 2.28. The second kappa shape index (κ2) is 7.85. The largest absolute Gasteiger partial charge is 0.355 e. The van der Waals surface area contributed by atoms with Crippen LogP contribution in [0, 0.1) is 11.8 Å². The van der Waals surface area contributed by atoms with Crippen LogP contribution in [0.1, 0.15) is 44.9 Å². The van der Waals surface area contributed by atoms with Crippen molar-refractivity contribution in [1.29, 1.82) is 0 Å². The van der Waals surface area contributed by atoms with Gasteiger partial charge in [-0.3, -0.25) is 4.79 Å². The molecular weight excluding hydrogens is 238 g/mol. The Hall–Kier alpha value is -0.610. The number of nitrogens with zero attached hydrogens (tertiary/aromatic N) is 1. The van der Waals surface area contributed by atoms with Crippen molar-refractivity contribution in [3.63, 3.8) is 0 Å². The molecule has 0 bridgehead atoms. The number of nitrogens with one attached hydrogen (secondary N) is 1. The standard InChI is InChI=1S/C15H29N3O/c16-12-13-5-4-6-14(11-13)15(19)17-7-10-18-8-2-1-3-9-18/h13-14H,1-12,16H2,(H,17,19). The highest BCUT2D eigenvalue weighted by molar-refractivity contribution is 5.78. The Morgan fingerprint density at radius 1 is 1.16 bits per heavy atom. The first kappa shape index (κ1) is 14.8. The van der Waals surface area contributed by atoms with Gasteiger partial charge in [-0.15, -0.1) is 0 Å². The summed E-state index contributed by atoms with van der Waals surface area (Å²) in [6, 6.07) is 0. The molecule has 1 saturated carbocycles. The van der Waals surface area contributed by atoms with Crippen LogP contribution in [0.25, 0.3) is 0 Å². The zero-order valence-corrected chi connectivity index (χ0v) is 12.1. The Morgan fingerprint density at radius 2 is 1.95 bits per heavy atom. The van der Waals surface area contributed by atoms with E-state index in [-0.39, 0.29) is 11.8 Å². The fourth-order valence-electron chi connectivity index (χ4n) is 3.41. The lowest BCUT2D eigenvalue weighted by atomic mass is 9.81. The average molecular weight is 267 g/mol. The molecule has 1 amide bonds. The lowest BCUT2D eigenvalue weighted by Gasteiger charge is -2.29. The summed E-state index contributed by atoms with van der Waals surface area (Å²) in [7, 11) is 0. The number of rotatable bonds is 5. The molecule has 2 rings (SSSR count). The average Bonchev–Trinajstić information content (AvgIpc) is 2.48. The smallest absolute Gasteiger partial charge is 0.223 e. The van der Waals surface area contributed by atoms with Crippen molar-refractivity contribution >= 4 is 5.91 Å². The van der Waals surface area contributed by atoms with Crippen LogP contribution < -0.4 is 11.1 Å². The molecule has 2 fully saturated rings. The summed E-state index contributed by atoms with van der Waals surface area (Å²) in [5.41, 5.74) is 5.72. The quantitative estimate of drug-likeness (QED) is 0.790. The molecular formula is C15H29N3O. The number of carbonyl (C=O) groups excluding carboxylic acids is 1. The summed E-state index contributed by atoms with van der Waals surface area (Å²) in [6.07, 6.45) is 8.40. The minimum Gasteiger partial charge on any atom is -0.355 e. The molecule has 110 valence electrons. The Balaban J connectivity index is 1.63. The first-order valence-electron chi connectivity index (χ1n) is 7.99. The van der Waals surface area contributed by atoms with Gasteiger partial charge in [0.1, 0.15) is 0 Å². The van der Waals surface area contributed by atoms with Crippen LogP contribution in [0.5, 0.6) is 0 Å². The molecule has 0 aromatic heterocycles. The molecule has 0 aromatic carbocycles. The predicted octanol–water partition coefficient (Wildman–Crippen LogP) is 1.35. The molecule has 1 aliphatic carbocycles. The second-order valence-corrected chi connectivity index (χ2v) is 6.16. The summed E-state index contributed by atoms with van der Waals surface area (Å²) in [5, 5.41) is 3.12. The monoisotopic (exact) mass is 267 g/mol. The highest BCUT2D eigenvalue weighted by atomic mass is 16.1. The lowest BCUT2D eigenvalue weighted by Crippen LogP contribution is -2.40. The molecule has 0 radical (unpaired) electrons. The summed E-state index contributed by atoms with van der Waals surface area (Å²) in [6.45, 7) is 4.96. The van der Waals surface area contributed by atoms with Crippen molar-refractivity contribution in [1.82, 2.24) is 10.2 Å². The predicted molar refractivity (Wildman–Crippen MR) is 77.8 cm³/mol. The summed E-state index contributed by atoms with van der Waals surface area (Å²) < 4.78 is 0. The maximum atomic E-state index is 12.1. The van der Waals surface area contributed by atoms with Crippen molar-refractivity contribution in [2.24, 2.45) is 17.6 Å². The van der Waals surface area contributed by atoms with Crippen LogP contribution >= 0.6 is 0 Å². The molecule has 0 aromatic rings. The van der Waals surface area contributed by atoms with E-state index in [1.807, 2.05) is 0 Å². The van der Waals surface area contributed by atoms with E-state index < -0.39 is 0 Å². The van der Waals surface area contributed by atoms with Gasteiger partial charge in [0.2, 0.25) is 5.91 Å². The van der Waals surface area contributed by atoms with Crippen molar-refractivity contribution in [2.75, 3.05) is 32.7 Å². The summed E-state index contributed by atoms with van der Waals surface area (Å²) in [5.74, 6) is 1.03. The highest BCUT2D eigenvalue weighted by Gasteiger charge is 2.26. The maximum absolute atomic E-state index is 12.1. The third-order valence-electron chi connectivity index (χ3n) is 4.66. The Kier molecular flexibility index (Phi) is 6.11. The van der Waals surface area contributed by atoms with Gasteiger partial charge in [0.15, 0.2) is 0 Å². The fraction of sp³-hybridized carbons (Fsp3) is 0.933. The summed E-state index contributed by atoms with van der Waals surface area (Å²) >= 11 is 0. The number of carbonyl (C=O) groups is 1. The van der Waals surface area contributed by atoms with Gasteiger partial charge in [-0.05, 0) is 57.7 Å². The molecule has 2 aliphatic rings. The minimum absolute atomic E-state index is 0.212. The number of likely N-dealkylation sites (tertiary alicyclic amines) is 1. The minimum atomic E-state index is 0.212. The van der Waals surface area contributed by atoms with E-state index in [0.717, 1.165) is 38.9 Å². The fourth-order valence-corrected chi connectivity index (χ4v) is 3.41. The number of nitrogens with two attached hydrogens (primary N) is 1. The van der Waals surface area contributed by atoms with Gasteiger partial charge >= 0.3 is 0 Å². The van der Waals surface area contributed by atoms with Crippen molar-refractivity contribution in [3.8, 4) is 0 Å². The molecule has 2 unspecified atom stereocenters. The van der Waals surface area contributed by atoms with E-state index >= 15 is 0 Å². The first-order valence-corrected chi connectivity index (χ1v) is 7.99. The summed E-state index contributed by atoms with van der Waals surface area (Å²) in [4.78, 5) is 14.6. The molecule has 1 aliphatic heterocycles. The van der Waals surface area contributed by atoms with Crippen LogP contribution in [-0.2, 0) is 4.79 Å². The SMILES string of the molecule is NCC1CCCC(C(=O)NCCN2CCCCC2)C1. The van der Waals surface area contributed by atoms with Crippen LogP contribution in [0.3, 0.4) is 0 Å². The van der Waals surface area contributed by atoms with Gasteiger partial charge in [-0.1, -0.05) is 12.8 Å². The van der Waals surface area contributed by atoms with Gasteiger partial charge < -0.3 is 16.0 Å². The van der Waals surface area contributed by atoms with Crippen LogP contribution in [-0.4, -0.2) is 43.5 Å². The number of piperidine rings is 1. The third-order valence-corrected chi connectivity index (χ3v) is 4.66. The molecule has 1 saturated heterocycles.